The fourth-order valence-corrected chi connectivity index (χ4v) is 5.28. The lowest BCUT2D eigenvalue weighted by Gasteiger charge is -2.32. The second kappa shape index (κ2) is 10.2. The highest BCUT2D eigenvalue weighted by molar-refractivity contribution is 5.77. The van der Waals surface area contributed by atoms with E-state index in [1.165, 1.54) is 18.4 Å². The molecule has 6 rings (SSSR count). The highest BCUT2D eigenvalue weighted by Gasteiger charge is 2.24. The van der Waals surface area contributed by atoms with Crippen molar-refractivity contribution in [2.45, 2.75) is 38.3 Å². The molecular weight excluding hydrogens is 448 g/mol. The molecule has 2 aliphatic rings. The highest BCUT2D eigenvalue weighted by Crippen LogP contribution is 2.35. The highest BCUT2D eigenvalue weighted by atomic mass is 15.3. The van der Waals surface area contributed by atoms with Crippen LogP contribution in [0.1, 0.15) is 37.3 Å². The summed E-state index contributed by atoms with van der Waals surface area (Å²) in [5.74, 6) is 1.43. The molecule has 186 valence electrons. The molecule has 0 spiro atoms. The zero-order valence-electron chi connectivity index (χ0n) is 20.9. The molecule has 8 heteroatoms. The Labute approximate surface area is 212 Å². The van der Waals surface area contributed by atoms with Crippen molar-refractivity contribution >= 4 is 34.4 Å². The molecule has 2 fully saturated rings. The minimum atomic E-state index is 0.401. The van der Waals surface area contributed by atoms with Crippen LogP contribution < -0.4 is 10.6 Å². The molecule has 1 saturated heterocycles. The van der Waals surface area contributed by atoms with Gasteiger partial charge in [-0.25, -0.2) is 9.97 Å². The Kier molecular flexibility index (Phi) is 6.53. The molecule has 8 nitrogen and oxygen atoms in total. The number of para-hydroxylation sites is 1. The van der Waals surface area contributed by atoms with Gasteiger partial charge < -0.3 is 15.5 Å². The van der Waals surface area contributed by atoms with E-state index < -0.39 is 0 Å². The van der Waals surface area contributed by atoms with E-state index in [-0.39, 0.29) is 0 Å². The number of benzene rings is 2. The van der Waals surface area contributed by atoms with Crippen molar-refractivity contribution in [3.05, 3.63) is 66.4 Å². The van der Waals surface area contributed by atoms with E-state index in [1.807, 2.05) is 24.4 Å². The average molecular weight is 483 g/mol. The summed E-state index contributed by atoms with van der Waals surface area (Å²) in [6.07, 6.45) is 6.61. The van der Waals surface area contributed by atoms with Crippen LogP contribution in [-0.2, 0) is 6.54 Å². The topological polar surface area (TPSA) is 74.1 Å². The summed E-state index contributed by atoms with van der Waals surface area (Å²) >= 11 is 0. The van der Waals surface area contributed by atoms with Crippen molar-refractivity contribution in [3.8, 4) is 0 Å². The first kappa shape index (κ1) is 22.9. The SMILES string of the molecule is CN1CCN(Cc2ccc(Nc3ncc4nc(Nc5ccccc5)n(C5CCCC5)c4n3)cc2)CC1. The first-order valence-electron chi connectivity index (χ1n) is 13.1. The molecule has 36 heavy (non-hydrogen) atoms. The van der Waals surface area contributed by atoms with Crippen LogP contribution in [0.15, 0.2) is 60.8 Å². The van der Waals surface area contributed by atoms with E-state index >= 15 is 0 Å². The maximum absolute atomic E-state index is 4.93. The Hall–Kier alpha value is -3.49. The normalized spacial score (nSPS) is 17.6. The number of aromatic nitrogens is 4. The zero-order chi connectivity index (χ0) is 24.3. The van der Waals surface area contributed by atoms with Crippen molar-refractivity contribution in [3.63, 3.8) is 0 Å². The third-order valence-electron chi connectivity index (χ3n) is 7.36. The maximum atomic E-state index is 4.93. The molecule has 1 aliphatic carbocycles. The summed E-state index contributed by atoms with van der Waals surface area (Å²) in [7, 11) is 2.19. The van der Waals surface area contributed by atoms with Crippen LogP contribution in [0.2, 0.25) is 0 Å². The number of anilines is 4. The Bertz CT molecular complexity index is 1290. The van der Waals surface area contributed by atoms with Gasteiger partial charge in [0.05, 0.1) is 6.20 Å². The Morgan fingerprint density at radius 3 is 2.31 bits per heavy atom. The summed E-state index contributed by atoms with van der Waals surface area (Å²) in [5, 5.41) is 6.91. The summed E-state index contributed by atoms with van der Waals surface area (Å²) in [6.45, 7) is 5.52. The van der Waals surface area contributed by atoms with Crippen LogP contribution in [0, 0.1) is 0 Å². The minimum absolute atomic E-state index is 0.401. The molecule has 0 bridgehead atoms. The number of nitrogens with zero attached hydrogens (tertiary/aromatic N) is 6. The standard InChI is InChI=1S/C28H34N8/c1-34-15-17-35(18-16-34)20-21-11-13-23(14-12-21)30-27-29-19-25-26(33-27)36(24-9-5-6-10-24)28(32-25)31-22-7-3-2-4-8-22/h2-4,7-8,11-14,19,24H,5-6,9-10,15-18,20H2,1H3,(H,31,32)(H,29,30,33). The molecule has 2 aromatic carbocycles. The Morgan fingerprint density at radius 2 is 1.56 bits per heavy atom. The Morgan fingerprint density at radius 1 is 0.833 bits per heavy atom. The third kappa shape index (κ3) is 5.05. The van der Waals surface area contributed by atoms with E-state index in [2.05, 4.69) is 73.4 Å². The van der Waals surface area contributed by atoms with Crippen LogP contribution in [0.25, 0.3) is 11.2 Å². The molecule has 2 aromatic heterocycles. The fourth-order valence-electron chi connectivity index (χ4n) is 5.28. The number of fused-ring (bicyclic) bond motifs is 1. The maximum Gasteiger partial charge on any atom is 0.229 e. The number of hydrogen-bond acceptors (Lipinski definition) is 7. The fraction of sp³-hybridized carbons (Fsp3) is 0.393. The second-order valence-electron chi connectivity index (χ2n) is 10.0. The first-order valence-corrected chi connectivity index (χ1v) is 13.1. The van der Waals surface area contributed by atoms with Crippen molar-refractivity contribution < 1.29 is 0 Å². The lowest BCUT2D eigenvalue weighted by atomic mass is 10.2. The predicted octanol–water partition coefficient (Wildman–Crippen LogP) is 5.18. The molecule has 2 N–H and O–H groups in total. The number of likely N-dealkylation sites (N-methyl/N-ethyl adjacent to an activating group) is 1. The molecule has 0 radical (unpaired) electrons. The van der Waals surface area contributed by atoms with Gasteiger partial charge in [0, 0.05) is 50.1 Å². The van der Waals surface area contributed by atoms with Crippen LogP contribution in [0.3, 0.4) is 0 Å². The molecule has 4 aromatic rings. The van der Waals surface area contributed by atoms with E-state index in [4.69, 9.17) is 9.97 Å². The van der Waals surface area contributed by atoms with E-state index in [9.17, 15) is 0 Å². The number of hydrogen-bond donors (Lipinski definition) is 2. The van der Waals surface area contributed by atoms with Crippen LogP contribution in [0.5, 0.6) is 0 Å². The molecule has 0 amide bonds. The third-order valence-corrected chi connectivity index (χ3v) is 7.36. The largest absolute Gasteiger partial charge is 0.326 e. The molecule has 0 atom stereocenters. The van der Waals surface area contributed by atoms with Crippen LogP contribution in [-0.4, -0.2) is 62.5 Å². The molecule has 3 heterocycles. The predicted molar refractivity (Wildman–Crippen MR) is 145 cm³/mol. The number of rotatable bonds is 7. The number of nitrogens with one attached hydrogen (secondary N) is 2. The minimum Gasteiger partial charge on any atom is -0.326 e. The quantitative estimate of drug-likeness (QED) is 0.376. The second-order valence-corrected chi connectivity index (χ2v) is 10.0. The van der Waals surface area contributed by atoms with Gasteiger partial charge in [0.2, 0.25) is 11.9 Å². The number of piperazine rings is 1. The van der Waals surface area contributed by atoms with E-state index in [0.717, 1.165) is 74.1 Å². The molecular formula is C28H34N8. The molecule has 0 unspecified atom stereocenters. The smallest absolute Gasteiger partial charge is 0.229 e. The molecule has 1 aliphatic heterocycles. The average Bonchev–Trinajstić information content (AvgIpc) is 3.55. The van der Waals surface area contributed by atoms with Crippen LogP contribution in [0.4, 0.5) is 23.3 Å². The monoisotopic (exact) mass is 482 g/mol. The van der Waals surface area contributed by atoms with Gasteiger partial charge in [0.1, 0.15) is 5.52 Å². The lowest BCUT2D eigenvalue weighted by Crippen LogP contribution is -2.43. The van der Waals surface area contributed by atoms with Gasteiger partial charge in [0.25, 0.3) is 0 Å². The zero-order valence-corrected chi connectivity index (χ0v) is 20.9. The summed E-state index contributed by atoms with van der Waals surface area (Å²) in [4.78, 5) is 19.3. The summed E-state index contributed by atoms with van der Waals surface area (Å²) in [5.41, 5.74) is 5.04. The van der Waals surface area contributed by atoms with Gasteiger partial charge >= 0.3 is 0 Å². The van der Waals surface area contributed by atoms with E-state index in [1.54, 1.807) is 0 Å². The van der Waals surface area contributed by atoms with Gasteiger partial charge in [-0.1, -0.05) is 43.2 Å². The summed E-state index contributed by atoms with van der Waals surface area (Å²) < 4.78 is 2.28. The van der Waals surface area contributed by atoms with Gasteiger partial charge in [-0.2, -0.15) is 4.98 Å². The van der Waals surface area contributed by atoms with Gasteiger partial charge in [0.15, 0.2) is 5.65 Å². The van der Waals surface area contributed by atoms with Crippen molar-refractivity contribution in [1.82, 2.24) is 29.3 Å². The van der Waals surface area contributed by atoms with Crippen LogP contribution >= 0.6 is 0 Å². The van der Waals surface area contributed by atoms with E-state index in [0.29, 0.717) is 12.0 Å². The van der Waals surface area contributed by atoms with Gasteiger partial charge in [-0.05, 0) is 49.7 Å². The van der Waals surface area contributed by atoms with Gasteiger partial charge in [-0.3, -0.25) is 9.47 Å². The summed E-state index contributed by atoms with van der Waals surface area (Å²) in [6, 6.07) is 19.2. The van der Waals surface area contributed by atoms with Crippen molar-refractivity contribution in [2.75, 3.05) is 43.9 Å². The Balaban J connectivity index is 1.22. The molecule has 1 saturated carbocycles. The van der Waals surface area contributed by atoms with Gasteiger partial charge in [-0.15, -0.1) is 0 Å². The van der Waals surface area contributed by atoms with Crippen molar-refractivity contribution in [1.29, 1.82) is 0 Å². The first-order chi connectivity index (χ1) is 17.7. The number of imidazole rings is 1. The van der Waals surface area contributed by atoms with Crippen molar-refractivity contribution in [2.24, 2.45) is 0 Å². The lowest BCUT2D eigenvalue weighted by molar-refractivity contribution is 0.148.